The van der Waals surface area contributed by atoms with Crippen molar-refractivity contribution in [1.29, 1.82) is 0 Å². The zero-order valence-corrected chi connectivity index (χ0v) is 13.3. The van der Waals surface area contributed by atoms with E-state index in [2.05, 4.69) is 0 Å². The molecule has 0 radical (unpaired) electrons. The molecule has 3 rings (SSSR count). The van der Waals surface area contributed by atoms with Gasteiger partial charge in [0.15, 0.2) is 5.78 Å². The largest absolute Gasteiger partial charge is 0.620 e. The van der Waals surface area contributed by atoms with Crippen LogP contribution in [0.4, 0.5) is 4.79 Å². The van der Waals surface area contributed by atoms with Crippen molar-refractivity contribution in [2.24, 2.45) is 0 Å². The van der Waals surface area contributed by atoms with Crippen molar-refractivity contribution in [3.05, 3.63) is 71.4 Å². The number of amides is 2. The normalized spacial score (nSPS) is 28.0. The molecule has 0 bridgehead atoms. The summed E-state index contributed by atoms with van der Waals surface area (Å²) in [5.74, 6) is 0.254. The molecule has 0 saturated carbocycles. The van der Waals surface area contributed by atoms with E-state index in [0.29, 0.717) is 5.75 Å². The molecule has 1 aliphatic heterocycles. The topological polar surface area (TPSA) is 52.6 Å². The Bertz CT molecular complexity index is 664. The van der Waals surface area contributed by atoms with Gasteiger partial charge in [0.2, 0.25) is 0 Å². The molecule has 2 amide bonds. The van der Waals surface area contributed by atoms with E-state index in [-0.39, 0.29) is 5.78 Å². The lowest BCUT2D eigenvalue weighted by Gasteiger charge is -2.33. The van der Waals surface area contributed by atoms with Crippen LogP contribution in [0.15, 0.2) is 60.7 Å². The van der Waals surface area contributed by atoms with Gasteiger partial charge in [0.1, 0.15) is 5.75 Å². The van der Waals surface area contributed by atoms with Gasteiger partial charge in [-0.2, -0.15) is 0 Å². The number of urea groups is 1. The molecule has 1 aliphatic rings. The van der Waals surface area contributed by atoms with Gasteiger partial charge >= 0.3 is 14.3 Å². The average Bonchev–Trinajstić information content (AvgIpc) is 2.70. The summed E-state index contributed by atoms with van der Waals surface area (Å²) in [6.07, 6.45) is 0. The number of benzene rings is 2. The van der Waals surface area contributed by atoms with E-state index in [0.717, 1.165) is 5.56 Å². The van der Waals surface area contributed by atoms with Crippen molar-refractivity contribution in [3.8, 4) is 5.75 Å². The van der Waals surface area contributed by atoms with E-state index in [4.69, 9.17) is 4.52 Å². The van der Waals surface area contributed by atoms with Crippen LogP contribution in [0.3, 0.4) is 0 Å². The highest BCUT2D eigenvalue weighted by Gasteiger charge is 2.56. The van der Waals surface area contributed by atoms with Crippen LogP contribution in [0.5, 0.6) is 5.75 Å². The maximum Gasteiger partial charge on any atom is 0.423 e. The van der Waals surface area contributed by atoms with Crippen molar-refractivity contribution >= 4 is 14.3 Å². The molecule has 0 spiro atoms. The Kier molecular flexibility index (Phi) is 3.87. The predicted octanol–water partition coefficient (Wildman–Crippen LogP) is 4.09. The van der Waals surface area contributed by atoms with Crippen molar-refractivity contribution in [1.82, 2.24) is 4.90 Å². The van der Waals surface area contributed by atoms with Crippen molar-refractivity contribution < 1.29 is 13.7 Å². The SMILES string of the molecule is CN1C(=O)[N+](C)([O-])P(Oc2ccccc2)C1c1ccccc1. The Morgan fingerprint density at radius 3 is 2.23 bits per heavy atom. The first kappa shape index (κ1) is 15.0. The number of hydrogen-bond acceptors (Lipinski definition) is 3. The standard InChI is InChI=1S/C16H17N2O3P/c1-17-15(13-9-5-3-6-10-13)22(18(2,20)16(17)19)21-14-11-7-4-8-12-14/h3-12,15H,1-2H3. The van der Waals surface area contributed by atoms with Crippen molar-refractivity contribution in [2.75, 3.05) is 14.1 Å². The first-order valence-electron chi connectivity index (χ1n) is 6.94. The number of nitrogens with zero attached hydrogens (tertiary/aromatic N) is 2. The lowest BCUT2D eigenvalue weighted by atomic mass is 10.2. The third-order valence-electron chi connectivity index (χ3n) is 3.65. The molecule has 2 aromatic rings. The summed E-state index contributed by atoms with van der Waals surface area (Å²) in [5.41, 5.74) is 0.915. The first-order chi connectivity index (χ1) is 10.5. The predicted molar refractivity (Wildman–Crippen MR) is 85.9 cm³/mol. The van der Waals surface area contributed by atoms with Crippen LogP contribution >= 0.6 is 8.30 Å². The fraction of sp³-hybridized carbons (Fsp3) is 0.188. The summed E-state index contributed by atoms with van der Waals surface area (Å²) in [6, 6.07) is 18.2. The molecule has 5 nitrogen and oxygen atoms in total. The molecule has 0 N–H and O–H groups in total. The Balaban J connectivity index is 2.00. The van der Waals surface area contributed by atoms with Gasteiger partial charge in [-0.15, -0.1) is 0 Å². The van der Waals surface area contributed by atoms with E-state index in [9.17, 15) is 10.0 Å². The molecule has 1 heterocycles. The molecule has 1 saturated heterocycles. The molecule has 3 unspecified atom stereocenters. The van der Waals surface area contributed by atoms with E-state index in [1.165, 1.54) is 11.9 Å². The van der Waals surface area contributed by atoms with Crippen molar-refractivity contribution in [2.45, 2.75) is 5.78 Å². The number of hydrogen-bond donors (Lipinski definition) is 0. The summed E-state index contributed by atoms with van der Waals surface area (Å²) >= 11 is 0. The lowest BCUT2D eigenvalue weighted by Crippen LogP contribution is -2.38. The second-order valence-electron chi connectivity index (χ2n) is 5.26. The number of carbonyl (C=O) groups excluding carboxylic acids is 1. The Hall–Kier alpha value is -1.94. The van der Waals surface area contributed by atoms with E-state index in [1.807, 2.05) is 48.5 Å². The Morgan fingerprint density at radius 2 is 1.64 bits per heavy atom. The number of quaternary nitrogens is 1. The van der Waals surface area contributed by atoms with Crippen LogP contribution in [0.2, 0.25) is 0 Å². The van der Waals surface area contributed by atoms with Gasteiger partial charge in [-0.05, 0) is 17.7 Å². The van der Waals surface area contributed by atoms with E-state index >= 15 is 0 Å². The summed E-state index contributed by atoms with van der Waals surface area (Å²) in [5, 5.41) is 12.8. The molecular weight excluding hydrogens is 299 g/mol. The molecule has 3 atom stereocenters. The molecule has 114 valence electrons. The zero-order valence-electron chi connectivity index (χ0n) is 12.4. The van der Waals surface area contributed by atoms with Gasteiger partial charge in [0.25, 0.3) is 0 Å². The van der Waals surface area contributed by atoms with Crippen molar-refractivity contribution in [3.63, 3.8) is 0 Å². The fourth-order valence-electron chi connectivity index (χ4n) is 2.53. The van der Waals surface area contributed by atoms with E-state index in [1.54, 1.807) is 19.2 Å². The second-order valence-corrected chi connectivity index (χ2v) is 7.30. The van der Waals surface area contributed by atoms with Crippen LogP contribution in [-0.4, -0.2) is 29.4 Å². The molecule has 2 aromatic carbocycles. The minimum absolute atomic E-state index is 0.355. The van der Waals surface area contributed by atoms with Crippen LogP contribution in [0, 0.1) is 5.21 Å². The number of carbonyl (C=O) groups is 1. The third-order valence-corrected chi connectivity index (χ3v) is 6.03. The quantitative estimate of drug-likeness (QED) is 0.633. The van der Waals surface area contributed by atoms with Gasteiger partial charge in [0, 0.05) is 7.05 Å². The average molecular weight is 316 g/mol. The molecule has 0 aliphatic carbocycles. The maximum atomic E-state index is 12.8. The monoisotopic (exact) mass is 316 g/mol. The van der Waals surface area contributed by atoms with Gasteiger partial charge < -0.3 is 9.73 Å². The number of para-hydroxylation sites is 1. The molecule has 1 fully saturated rings. The molecule has 0 aromatic heterocycles. The molecular formula is C16H17N2O3P. The minimum Gasteiger partial charge on any atom is -0.620 e. The lowest BCUT2D eigenvalue weighted by molar-refractivity contribution is -0.641. The molecule has 6 heteroatoms. The van der Waals surface area contributed by atoms with Gasteiger partial charge in [-0.1, -0.05) is 48.5 Å². The fourth-order valence-corrected chi connectivity index (χ4v) is 4.67. The van der Waals surface area contributed by atoms with Crippen LogP contribution < -0.4 is 4.52 Å². The molecule has 22 heavy (non-hydrogen) atoms. The summed E-state index contributed by atoms with van der Waals surface area (Å²) in [6.45, 7) is 0. The highest BCUT2D eigenvalue weighted by molar-refractivity contribution is 7.48. The van der Waals surface area contributed by atoms with Crippen LogP contribution in [-0.2, 0) is 0 Å². The Labute approximate surface area is 130 Å². The zero-order chi connectivity index (χ0) is 15.7. The van der Waals surface area contributed by atoms with Crippen LogP contribution in [0.25, 0.3) is 0 Å². The third kappa shape index (κ3) is 2.48. The summed E-state index contributed by atoms with van der Waals surface area (Å²) < 4.78 is 4.95. The minimum atomic E-state index is -1.62. The first-order valence-corrected chi connectivity index (χ1v) is 8.22. The smallest absolute Gasteiger partial charge is 0.423 e. The van der Waals surface area contributed by atoms with Gasteiger partial charge in [-0.3, -0.25) is 4.90 Å². The second kappa shape index (κ2) is 5.69. The number of hydroxylamine groups is 2. The highest BCUT2D eigenvalue weighted by atomic mass is 31.2. The Morgan fingerprint density at radius 1 is 1.09 bits per heavy atom. The van der Waals surface area contributed by atoms with Crippen LogP contribution in [0.1, 0.15) is 11.3 Å². The maximum absolute atomic E-state index is 12.8. The summed E-state index contributed by atoms with van der Waals surface area (Å²) in [4.78, 5) is 13.8. The number of rotatable bonds is 3. The van der Waals surface area contributed by atoms with Gasteiger partial charge in [0.05, 0.1) is 7.05 Å². The van der Waals surface area contributed by atoms with E-state index < -0.39 is 18.7 Å². The van der Waals surface area contributed by atoms with Gasteiger partial charge in [-0.25, -0.2) is 9.21 Å². The highest BCUT2D eigenvalue weighted by Crippen LogP contribution is 2.64. The summed E-state index contributed by atoms with van der Waals surface area (Å²) in [7, 11) is 1.40.